The Bertz CT molecular complexity index is 153. The maximum atomic E-state index is 2.42. The molecule has 0 aromatic rings. The van der Waals surface area contributed by atoms with Gasteiger partial charge in [0.25, 0.3) is 0 Å². The van der Waals surface area contributed by atoms with Crippen LogP contribution < -0.4 is 18.9 Å². The van der Waals surface area contributed by atoms with Crippen molar-refractivity contribution < 1.29 is 18.9 Å². The third kappa shape index (κ3) is 3.80. The first-order valence-electron chi connectivity index (χ1n) is 4.40. The molecule has 0 aromatic carbocycles. The Balaban J connectivity index is 0.00000121. The maximum Gasteiger partial charge on any atom is 1.00 e. The number of allylic oxidation sites excluding steroid dienone is 1. The Labute approximate surface area is 88.4 Å². The summed E-state index contributed by atoms with van der Waals surface area (Å²) in [5.41, 5.74) is 2.98. The summed E-state index contributed by atoms with van der Waals surface area (Å²) >= 11 is 0. The molecule has 1 heterocycles. The van der Waals surface area contributed by atoms with Crippen LogP contribution in [-0.4, -0.2) is 18.0 Å². The Kier molecular flexibility index (Phi) is 6.01. The van der Waals surface area contributed by atoms with Crippen LogP contribution in [0.4, 0.5) is 0 Å². The largest absolute Gasteiger partial charge is 1.00 e. The van der Waals surface area contributed by atoms with E-state index in [2.05, 4.69) is 32.2 Å². The molecule has 1 aliphatic rings. The van der Waals surface area contributed by atoms with Crippen molar-refractivity contribution in [3.63, 3.8) is 0 Å². The normalized spacial score (nSPS) is 17.2. The van der Waals surface area contributed by atoms with Gasteiger partial charge in [0.15, 0.2) is 0 Å². The molecule has 0 aliphatic carbocycles. The summed E-state index contributed by atoms with van der Waals surface area (Å²) in [6.45, 7) is 11.3. The summed E-state index contributed by atoms with van der Waals surface area (Å²) in [6.07, 6.45) is 2.62. The summed E-state index contributed by atoms with van der Waals surface area (Å²) in [7, 11) is 0. The molecule has 64 valence electrons. The van der Waals surface area contributed by atoms with Crippen molar-refractivity contribution in [2.45, 2.75) is 33.6 Å². The monoisotopic (exact) mass is 159 g/mol. The van der Waals surface area contributed by atoms with E-state index >= 15 is 0 Å². The van der Waals surface area contributed by atoms with Gasteiger partial charge >= 0.3 is 18.9 Å². The van der Waals surface area contributed by atoms with E-state index in [-0.39, 0.29) is 18.9 Å². The second-order valence-electron chi connectivity index (χ2n) is 3.58. The SMILES string of the molecule is CC(C)=C(C)CN1[CH-]CCC1.[Li+]. The molecule has 1 nitrogen and oxygen atoms in total. The summed E-state index contributed by atoms with van der Waals surface area (Å²) in [6, 6.07) is 0. The third-order valence-electron chi connectivity index (χ3n) is 2.33. The second-order valence-corrected chi connectivity index (χ2v) is 3.58. The first-order chi connectivity index (χ1) is 5.20. The molecule has 0 N–H and O–H groups in total. The van der Waals surface area contributed by atoms with Crippen LogP contribution in [0.25, 0.3) is 0 Å². The fraction of sp³-hybridized carbons (Fsp3) is 0.700. The zero-order valence-electron chi connectivity index (χ0n) is 8.85. The molecule has 1 saturated heterocycles. The van der Waals surface area contributed by atoms with Gasteiger partial charge < -0.3 is 4.90 Å². The van der Waals surface area contributed by atoms with Gasteiger partial charge in [-0.2, -0.15) is 6.42 Å². The van der Waals surface area contributed by atoms with Crippen LogP contribution in [0.2, 0.25) is 0 Å². The van der Waals surface area contributed by atoms with Gasteiger partial charge in [0, 0.05) is 0 Å². The van der Waals surface area contributed by atoms with Crippen LogP contribution in [0.5, 0.6) is 0 Å². The molecule has 2 heteroatoms. The molecule has 0 radical (unpaired) electrons. The second kappa shape index (κ2) is 5.86. The number of likely N-dealkylation sites (tertiary alicyclic amines) is 1. The standard InChI is InChI=1S/C10H18N.Li/c1-9(2)10(3)8-11-6-4-5-7-11;/h6H,4-5,7-8H2,1-3H3;/q-1;+1. The van der Waals surface area contributed by atoms with E-state index in [1.54, 1.807) is 0 Å². The van der Waals surface area contributed by atoms with E-state index in [9.17, 15) is 0 Å². The van der Waals surface area contributed by atoms with E-state index in [0.29, 0.717) is 0 Å². The van der Waals surface area contributed by atoms with Crippen LogP contribution in [0.15, 0.2) is 11.1 Å². The Morgan fingerprint density at radius 3 is 2.42 bits per heavy atom. The Morgan fingerprint density at radius 1 is 1.33 bits per heavy atom. The van der Waals surface area contributed by atoms with Gasteiger partial charge in [0.1, 0.15) is 0 Å². The van der Waals surface area contributed by atoms with Gasteiger partial charge in [0.05, 0.1) is 0 Å². The summed E-state index contributed by atoms with van der Waals surface area (Å²) in [5.74, 6) is 0. The van der Waals surface area contributed by atoms with E-state index < -0.39 is 0 Å². The Hall–Kier alpha value is 0.297. The van der Waals surface area contributed by atoms with Crippen molar-refractivity contribution in [3.8, 4) is 0 Å². The van der Waals surface area contributed by atoms with Crippen molar-refractivity contribution in [2.24, 2.45) is 0 Å². The molecule has 0 aromatic heterocycles. The molecule has 0 spiro atoms. The van der Waals surface area contributed by atoms with Crippen LogP contribution >= 0.6 is 0 Å². The van der Waals surface area contributed by atoms with Crippen LogP contribution in [0, 0.1) is 6.54 Å². The van der Waals surface area contributed by atoms with Gasteiger partial charge in [-0.15, -0.1) is 0 Å². The van der Waals surface area contributed by atoms with Crippen molar-refractivity contribution in [2.75, 3.05) is 13.1 Å². The third-order valence-corrected chi connectivity index (χ3v) is 2.33. The molecule has 0 bridgehead atoms. The van der Waals surface area contributed by atoms with Crippen LogP contribution in [0.1, 0.15) is 33.6 Å². The van der Waals surface area contributed by atoms with Gasteiger partial charge in [-0.05, 0) is 33.9 Å². The average molecular weight is 159 g/mol. The first-order valence-corrected chi connectivity index (χ1v) is 4.40. The van der Waals surface area contributed by atoms with Gasteiger partial charge in [-0.1, -0.05) is 17.6 Å². The quantitative estimate of drug-likeness (QED) is 0.301. The zero-order chi connectivity index (χ0) is 8.27. The number of hydrogen-bond donors (Lipinski definition) is 0. The number of rotatable bonds is 2. The minimum absolute atomic E-state index is 0. The number of nitrogens with zero attached hydrogens (tertiary/aromatic N) is 1. The molecular weight excluding hydrogens is 141 g/mol. The van der Waals surface area contributed by atoms with Crippen molar-refractivity contribution in [1.29, 1.82) is 0 Å². The predicted octanol–water partition coefficient (Wildman–Crippen LogP) is -0.396. The van der Waals surface area contributed by atoms with E-state index in [1.165, 1.54) is 30.5 Å². The minimum atomic E-state index is 0. The molecule has 0 atom stereocenters. The molecule has 1 fully saturated rings. The molecule has 0 saturated carbocycles. The van der Waals surface area contributed by atoms with E-state index in [0.717, 1.165) is 6.54 Å². The topological polar surface area (TPSA) is 3.24 Å². The summed E-state index contributed by atoms with van der Waals surface area (Å²) in [4.78, 5) is 2.42. The van der Waals surface area contributed by atoms with Gasteiger partial charge in [-0.25, -0.2) is 0 Å². The van der Waals surface area contributed by atoms with Crippen molar-refractivity contribution >= 4 is 0 Å². The first kappa shape index (κ1) is 12.3. The van der Waals surface area contributed by atoms with Crippen LogP contribution in [0.3, 0.4) is 0 Å². The predicted molar refractivity (Wildman–Crippen MR) is 49.2 cm³/mol. The average Bonchev–Trinajstić information content (AvgIpc) is 2.39. The van der Waals surface area contributed by atoms with Crippen LogP contribution in [-0.2, 0) is 0 Å². The minimum Gasteiger partial charge on any atom is -0.453 e. The molecule has 0 amide bonds. The van der Waals surface area contributed by atoms with Gasteiger partial charge in [0.2, 0.25) is 0 Å². The smallest absolute Gasteiger partial charge is 0.453 e. The number of hydrogen-bond acceptors (Lipinski definition) is 1. The molecule has 0 unspecified atom stereocenters. The maximum absolute atomic E-state index is 2.42. The Morgan fingerprint density at radius 2 is 2.00 bits per heavy atom. The fourth-order valence-electron chi connectivity index (χ4n) is 1.27. The summed E-state index contributed by atoms with van der Waals surface area (Å²) < 4.78 is 0. The van der Waals surface area contributed by atoms with Crippen molar-refractivity contribution in [1.82, 2.24) is 4.90 Å². The zero-order valence-corrected chi connectivity index (χ0v) is 8.85. The van der Waals surface area contributed by atoms with Crippen molar-refractivity contribution in [3.05, 3.63) is 17.7 Å². The van der Waals surface area contributed by atoms with E-state index in [1.807, 2.05) is 0 Å². The molecule has 1 rings (SSSR count). The fourth-order valence-corrected chi connectivity index (χ4v) is 1.27. The molecule has 12 heavy (non-hydrogen) atoms. The molecule has 1 aliphatic heterocycles. The van der Waals surface area contributed by atoms with E-state index in [4.69, 9.17) is 0 Å². The van der Waals surface area contributed by atoms with Gasteiger partial charge in [-0.3, -0.25) is 6.54 Å². The molecular formula is C10H18LiN. The summed E-state index contributed by atoms with van der Waals surface area (Å²) in [5, 5.41) is 0.